The molecule has 0 saturated heterocycles. The van der Waals surface area contributed by atoms with Gasteiger partial charge in [0.25, 0.3) is 11.1 Å². The number of thioether (sulfide) groups is 1. The molecule has 4 aromatic rings. The molecule has 0 atom stereocenters. The Morgan fingerprint density at radius 1 is 1.25 bits per heavy atom. The molecule has 3 heterocycles. The number of nitrogens with zero attached hydrogens (tertiary/aromatic N) is 4. The van der Waals surface area contributed by atoms with Gasteiger partial charge in [-0.3, -0.25) is 4.57 Å². The highest BCUT2D eigenvalue weighted by molar-refractivity contribution is 7.98. The first-order valence-corrected chi connectivity index (χ1v) is 8.03. The molecule has 1 N–H and O–H groups in total. The highest BCUT2D eigenvalue weighted by Crippen LogP contribution is 2.30. The summed E-state index contributed by atoms with van der Waals surface area (Å²) in [5.74, 6) is 0.848. The quantitative estimate of drug-likeness (QED) is 0.550. The number of benzene rings is 1. The first-order chi connectivity index (χ1) is 11.7. The molecule has 0 saturated carbocycles. The van der Waals surface area contributed by atoms with Crippen LogP contribution in [0, 0.1) is 0 Å². The van der Waals surface area contributed by atoms with Gasteiger partial charge in [-0.25, -0.2) is 4.98 Å². The third-order valence-corrected chi connectivity index (χ3v) is 4.32. The van der Waals surface area contributed by atoms with Gasteiger partial charge in [0.05, 0.1) is 11.3 Å². The molecular formula is C15H11F2N5OS. The number of nitrogens with one attached hydrogen (secondary N) is 1. The number of H-pyrrole nitrogens is 1. The van der Waals surface area contributed by atoms with Gasteiger partial charge in [-0.1, -0.05) is 30.0 Å². The van der Waals surface area contributed by atoms with Crippen LogP contribution in [-0.2, 0) is 5.75 Å². The Labute approximate surface area is 138 Å². The fraction of sp³-hybridized carbons (Fsp3) is 0.133. The zero-order valence-corrected chi connectivity index (χ0v) is 13.0. The molecule has 6 nitrogen and oxygen atoms in total. The van der Waals surface area contributed by atoms with Crippen molar-refractivity contribution in [3.63, 3.8) is 0 Å². The van der Waals surface area contributed by atoms with E-state index >= 15 is 0 Å². The minimum absolute atomic E-state index is 0.215. The molecule has 0 bridgehead atoms. The number of hydrogen-bond acceptors (Lipinski definition) is 5. The lowest BCUT2D eigenvalue weighted by Crippen LogP contribution is -2.01. The lowest BCUT2D eigenvalue weighted by molar-refractivity contribution is 0.0678. The van der Waals surface area contributed by atoms with Crippen molar-refractivity contribution in [2.24, 2.45) is 0 Å². The van der Waals surface area contributed by atoms with Crippen LogP contribution in [0.2, 0.25) is 0 Å². The zero-order chi connectivity index (χ0) is 16.5. The molecule has 1 aromatic carbocycles. The van der Waals surface area contributed by atoms with E-state index in [1.54, 1.807) is 6.20 Å². The van der Waals surface area contributed by atoms with Gasteiger partial charge in [-0.05, 0) is 6.07 Å². The van der Waals surface area contributed by atoms with E-state index in [-0.39, 0.29) is 11.6 Å². The summed E-state index contributed by atoms with van der Waals surface area (Å²) in [7, 11) is 0. The van der Waals surface area contributed by atoms with E-state index in [0.717, 1.165) is 21.0 Å². The Morgan fingerprint density at radius 2 is 2.12 bits per heavy atom. The number of imidazole rings is 1. The second-order valence-electron chi connectivity index (χ2n) is 4.94. The normalized spacial score (nSPS) is 11.6. The molecule has 0 aliphatic heterocycles. The van der Waals surface area contributed by atoms with Gasteiger partial charge in [-0.15, -0.1) is 10.2 Å². The largest absolute Gasteiger partial charge is 0.411 e. The first kappa shape index (κ1) is 14.9. The number of aromatic amines is 1. The van der Waals surface area contributed by atoms with Crippen molar-refractivity contribution in [3.05, 3.63) is 48.7 Å². The number of para-hydroxylation sites is 1. The van der Waals surface area contributed by atoms with Crippen molar-refractivity contribution in [2.45, 2.75) is 17.5 Å². The van der Waals surface area contributed by atoms with Crippen LogP contribution in [0.4, 0.5) is 8.78 Å². The van der Waals surface area contributed by atoms with E-state index in [2.05, 4.69) is 20.2 Å². The van der Waals surface area contributed by atoms with E-state index < -0.39 is 6.55 Å². The Morgan fingerprint density at radius 3 is 3.00 bits per heavy atom. The van der Waals surface area contributed by atoms with Gasteiger partial charge in [0.2, 0.25) is 0 Å². The Hall–Kier alpha value is -2.68. The van der Waals surface area contributed by atoms with E-state index in [4.69, 9.17) is 4.42 Å². The van der Waals surface area contributed by atoms with Crippen LogP contribution in [-0.4, -0.2) is 24.7 Å². The molecule has 3 aromatic heterocycles. The minimum atomic E-state index is -2.62. The highest BCUT2D eigenvalue weighted by atomic mass is 32.2. The third-order valence-electron chi connectivity index (χ3n) is 3.51. The smallest absolute Gasteiger partial charge is 0.319 e. The van der Waals surface area contributed by atoms with Gasteiger partial charge in [0, 0.05) is 29.5 Å². The van der Waals surface area contributed by atoms with E-state index in [1.165, 1.54) is 24.2 Å². The summed E-state index contributed by atoms with van der Waals surface area (Å²) in [6.07, 6.45) is 4.38. The lowest BCUT2D eigenvalue weighted by Gasteiger charge is -2.04. The molecule has 0 aliphatic rings. The summed E-state index contributed by atoms with van der Waals surface area (Å²) >= 11 is 1.17. The van der Waals surface area contributed by atoms with Crippen LogP contribution in [0.15, 0.2) is 52.5 Å². The van der Waals surface area contributed by atoms with Gasteiger partial charge in [-0.2, -0.15) is 8.78 Å². The number of rotatable bonds is 5. The SMILES string of the molecule is FC(F)n1ccnc1CSc1nnc(-c2c[nH]c3ccccc23)o1. The van der Waals surface area contributed by atoms with Crippen LogP contribution in [0.3, 0.4) is 0 Å². The number of halogens is 2. The predicted molar refractivity (Wildman–Crippen MR) is 84.6 cm³/mol. The predicted octanol–water partition coefficient (Wildman–Crippen LogP) is 4.10. The molecule has 24 heavy (non-hydrogen) atoms. The average molecular weight is 347 g/mol. The van der Waals surface area contributed by atoms with Crippen molar-refractivity contribution >= 4 is 22.7 Å². The molecule has 0 radical (unpaired) electrons. The highest BCUT2D eigenvalue weighted by Gasteiger charge is 2.16. The number of aromatic nitrogens is 5. The van der Waals surface area contributed by atoms with Crippen molar-refractivity contribution < 1.29 is 13.2 Å². The molecule has 9 heteroatoms. The molecule has 0 aliphatic carbocycles. The molecular weight excluding hydrogens is 336 g/mol. The number of alkyl halides is 2. The van der Waals surface area contributed by atoms with Gasteiger partial charge in [0.1, 0.15) is 5.82 Å². The van der Waals surface area contributed by atoms with Crippen molar-refractivity contribution in [2.75, 3.05) is 0 Å². The van der Waals surface area contributed by atoms with E-state index in [1.807, 2.05) is 24.3 Å². The van der Waals surface area contributed by atoms with Gasteiger partial charge in [0.15, 0.2) is 0 Å². The summed E-state index contributed by atoms with van der Waals surface area (Å²) in [5, 5.41) is 9.28. The number of fused-ring (bicyclic) bond motifs is 1. The second kappa shape index (κ2) is 6.08. The number of hydrogen-bond donors (Lipinski definition) is 1. The molecule has 0 spiro atoms. The van der Waals surface area contributed by atoms with Crippen LogP contribution < -0.4 is 0 Å². The first-order valence-electron chi connectivity index (χ1n) is 7.05. The Balaban J connectivity index is 1.54. The summed E-state index contributed by atoms with van der Waals surface area (Å²) in [4.78, 5) is 7.06. The van der Waals surface area contributed by atoms with Crippen LogP contribution in [0.25, 0.3) is 22.4 Å². The molecule has 122 valence electrons. The van der Waals surface area contributed by atoms with Crippen molar-refractivity contribution in [3.8, 4) is 11.5 Å². The Kier molecular flexibility index (Phi) is 3.77. The van der Waals surface area contributed by atoms with Crippen molar-refractivity contribution in [1.82, 2.24) is 24.7 Å². The van der Waals surface area contributed by atoms with Crippen LogP contribution >= 0.6 is 11.8 Å². The van der Waals surface area contributed by atoms with E-state index in [0.29, 0.717) is 11.1 Å². The monoisotopic (exact) mass is 347 g/mol. The summed E-state index contributed by atoms with van der Waals surface area (Å²) in [5.41, 5.74) is 1.78. The lowest BCUT2D eigenvalue weighted by atomic mass is 10.2. The maximum absolute atomic E-state index is 12.8. The molecule has 0 fully saturated rings. The standard InChI is InChI=1S/C15H11F2N5OS/c16-14(17)22-6-5-18-12(22)8-24-15-21-20-13(23-15)10-7-19-11-4-2-1-3-9(10)11/h1-7,14,19H,8H2. The maximum Gasteiger partial charge on any atom is 0.319 e. The van der Waals surface area contributed by atoms with E-state index in [9.17, 15) is 8.78 Å². The van der Waals surface area contributed by atoms with Gasteiger partial charge >= 0.3 is 6.55 Å². The Bertz CT molecular complexity index is 977. The molecule has 0 unspecified atom stereocenters. The molecule has 0 amide bonds. The average Bonchev–Trinajstić information content (AvgIpc) is 3.31. The van der Waals surface area contributed by atoms with Gasteiger partial charge < -0.3 is 9.40 Å². The maximum atomic E-state index is 12.8. The topological polar surface area (TPSA) is 72.5 Å². The van der Waals surface area contributed by atoms with Crippen LogP contribution in [0.5, 0.6) is 0 Å². The minimum Gasteiger partial charge on any atom is -0.411 e. The molecule has 4 rings (SSSR count). The second-order valence-corrected chi connectivity index (χ2v) is 5.86. The summed E-state index contributed by atoms with van der Waals surface area (Å²) in [6.45, 7) is -2.62. The zero-order valence-electron chi connectivity index (χ0n) is 12.2. The third kappa shape index (κ3) is 2.67. The fourth-order valence-corrected chi connectivity index (χ4v) is 3.10. The summed E-state index contributed by atoms with van der Waals surface area (Å²) in [6, 6.07) is 7.77. The summed E-state index contributed by atoms with van der Waals surface area (Å²) < 4.78 is 32.0. The van der Waals surface area contributed by atoms with Crippen molar-refractivity contribution in [1.29, 1.82) is 0 Å². The van der Waals surface area contributed by atoms with Crippen LogP contribution in [0.1, 0.15) is 12.4 Å². The fourth-order valence-electron chi connectivity index (χ4n) is 2.39.